The highest BCUT2D eigenvalue weighted by atomic mass is 32.2. The molecule has 1 fully saturated rings. The molecule has 27 heavy (non-hydrogen) atoms. The van der Waals surface area contributed by atoms with Crippen molar-refractivity contribution in [3.05, 3.63) is 59.7 Å². The normalized spacial score (nSPS) is 16.2. The Balaban J connectivity index is 1.62. The van der Waals surface area contributed by atoms with Crippen LogP contribution in [0.15, 0.2) is 53.4 Å². The Morgan fingerprint density at radius 1 is 1.07 bits per heavy atom. The van der Waals surface area contributed by atoms with E-state index >= 15 is 0 Å². The van der Waals surface area contributed by atoms with Crippen molar-refractivity contribution in [2.75, 3.05) is 31.5 Å². The van der Waals surface area contributed by atoms with E-state index in [-0.39, 0.29) is 10.8 Å². The first-order valence-corrected chi connectivity index (χ1v) is 10.6. The first-order chi connectivity index (χ1) is 12.9. The minimum absolute atomic E-state index is 0.182. The Labute approximate surface area is 160 Å². The zero-order valence-electron chi connectivity index (χ0n) is 15.7. The molecule has 1 saturated heterocycles. The van der Waals surface area contributed by atoms with Gasteiger partial charge >= 0.3 is 0 Å². The summed E-state index contributed by atoms with van der Waals surface area (Å²) in [4.78, 5) is 12.7. The number of piperazine rings is 1. The van der Waals surface area contributed by atoms with Crippen molar-refractivity contribution in [1.82, 2.24) is 4.31 Å². The standard InChI is InChI=1S/C20H25N3O3S/c1-16-5-3-4-6-18(16)15-22-11-13-23(14-12-22)27(25,26)20-9-7-19(8-10-20)21-17(2)24/h3-10H,11-15H2,1-2H3,(H,21,24)/p+1. The number of nitrogens with zero attached hydrogens (tertiary/aromatic N) is 1. The van der Waals surface area contributed by atoms with Gasteiger partial charge in [0.1, 0.15) is 6.54 Å². The van der Waals surface area contributed by atoms with Gasteiger partial charge in [-0.05, 0) is 36.8 Å². The third kappa shape index (κ3) is 4.74. The number of hydrogen-bond acceptors (Lipinski definition) is 3. The molecule has 144 valence electrons. The van der Waals surface area contributed by atoms with Gasteiger partial charge in [0.15, 0.2) is 0 Å². The lowest BCUT2D eigenvalue weighted by atomic mass is 10.1. The van der Waals surface area contributed by atoms with Crippen LogP contribution in [0.25, 0.3) is 0 Å². The van der Waals surface area contributed by atoms with E-state index in [9.17, 15) is 13.2 Å². The van der Waals surface area contributed by atoms with E-state index < -0.39 is 10.0 Å². The van der Waals surface area contributed by atoms with E-state index in [2.05, 4.69) is 24.4 Å². The molecule has 1 aliphatic rings. The lowest BCUT2D eigenvalue weighted by Gasteiger charge is -2.31. The van der Waals surface area contributed by atoms with Crippen LogP contribution in [0, 0.1) is 6.92 Å². The molecule has 0 aliphatic carbocycles. The highest BCUT2D eigenvalue weighted by Crippen LogP contribution is 2.18. The number of carbonyl (C=O) groups excluding carboxylic acids is 1. The van der Waals surface area contributed by atoms with Crippen LogP contribution in [0.1, 0.15) is 18.1 Å². The molecule has 1 heterocycles. The average Bonchev–Trinajstić information content (AvgIpc) is 2.64. The Kier molecular flexibility index (Phi) is 5.94. The highest BCUT2D eigenvalue weighted by Gasteiger charge is 2.30. The predicted molar refractivity (Wildman–Crippen MR) is 105 cm³/mol. The molecule has 2 N–H and O–H groups in total. The van der Waals surface area contributed by atoms with Crippen LogP contribution in [0.5, 0.6) is 0 Å². The summed E-state index contributed by atoms with van der Waals surface area (Å²) in [5, 5.41) is 2.65. The van der Waals surface area contributed by atoms with Crippen LogP contribution in [0.4, 0.5) is 5.69 Å². The molecular weight excluding hydrogens is 362 g/mol. The van der Waals surface area contributed by atoms with Crippen LogP contribution < -0.4 is 10.2 Å². The van der Waals surface area contributed by atoms with Crippen molar-refractivity contribution in [2.45, 2.75) is 25.3 Å². The Morgan fingerprint density at radius 3 is 2.30 bits per heavy atom. The van der Waals surface area contributed by atoms with Gasteiger partial charge in [-0.3, -0.25) is 4.79 Å². The van der Waals surface area contributed by atoms with E-state index in [4.69, 9.17) is 0 Å². The van der Waals surface area contributed by atoms with Gasteiger partial charge < -0.3 is 10.2 Å². The number of aryl methyl sites for hydroxylation is 1. The van der Waals surface area contributed by atoms with E-state index in [0.717, 1.165) is 19.6 Å². The van der Waals surface area contributed by atoms with Gasteiger partial charge in [-0.1, -0.05) is 24.3 Å². The lowest BCUT2D eigenvalue weighted by Crippen LogP contribution is -3.13. The second-order valence-electron chi connectivity index (χ2n) is 6.96. The van der Waals surface area contributed by atoms with Gasteiger partial charge in [0, 0.05) is 18.2 Å². The van der Waals surface area contributed by atoms with E-state index in [1.54, 1.807) is 28.6 Å². The highest BCUT2D eigenvalue weighted by molar-refractivity contribution is 7.89. The third-order valence-electron chi connectivity index (χ3n) is 4.94. The minimum Gasteiger partial charge on any atom is -0.329 e. The summed E-state index contributed by atoms with van der Waals surface area (Å²) in [6.07, 6.45) is 0. The van der Waals surface area contributed by atoms with Crippen LogP contribution in [0.2, 0.25) is 0 Å². The van der Waals surface area contributed by atoms with Gasteiger partial charge in [-0.25, -0.2) is 8.42 Å². The monoisotopic (exact) mass is 388 g/mol. The van der Waals surface area contributed by atoms with E-state index in [1.165, 1.54) is 23.0 Å². The smallest absolute Gasteiger partial charge is 0.243 e. The van der Waals surface area contributed by atoms with E-state index in [0.29, 0.717) is 18.8 Å². The summed E-state index contributed by atoms with van der Waals surface area (Å²) in [5.41, 5.74) is 3.19. The summed E-state index contributed by atoms with van der Waals surface area (Å²) >= 11 is 0. The molecule has 0 aromatic heterocycles. The quantitative estimate of drug-likeness (QED) is 0.804. The molecule has 3 rings (SSSR count). The number of carbonyl (C=O) groups is 1. The Hall–Kier alpha value is -2.22. The molecule has 0 saturated carbocycles. The Morgan fingerprint density at radius 2 is 1.70 bits per heavy atom. The Bertz CT molecular complexity index is 902. The number of benzene rings is 2. The lowest BCUT2D eigenvalue weighted by molar-refractivity contribution is -0.917. The number of quaternary nitrogens is 1. The summed E-state index contributed by atoms with van der Waals surface area (Å²) in [6, 6.07) is 14.7. The van der Waals surface area contributed by atoms with Crippen LogP contribution in [-0.4, -0.2) is 44.8 Å². The molecular formula is C20H26N3O3S+. The van der Waals surface area contributed by atoms with Crippen LogP contribution in [-0.2, 0) is 21.4 Å². The van der Waals surface area contributed by atoms with Gasteiger partial charge in [0.25, 0.3) is 0 Å². The van der Waals surface area contributed by atoms with Crippen LogP contribution in [0.3, 0.4) is 0 Å². The van der Waals surface area contributed by atoms with Crippen molar-refractivity contribution < 1.29 is 18.1 Å². The first kappa shape index (κ1) is 19.5. The SMILES string of the molecule is CC(=O)Nc1ccc(S(=O)(=O)N2CC[NH+](Cc3ccccc3C)CC2)cc1. The molecule has 0 unspecified atom stereocenters. The van der Waals surface area contributed by atoms with Gasteiger partial charge in [-0.2, -0.15) is 4.31 Å². The zero-order chi connectivity index (χ0) is 19.4. The predicted octanol–water partition coefficient (Wildman–Crippen LogP) is 1.04. The molecule has 7 heteroatoms. The summed E-state index contributed by atoms with van der Waals surface area (Å²) in [7, 11) is -3.50. The number of hydrogen-bond donors (Lipinski definition) is 2. The maximum atomic E-state index is 12.9. The second-order valence-corrected chi connectivity index (χ2v) is 8.90. The molecule has 2 aromatic carbocycles. The average molecular weight is 389 g/mol. The van der Waals surface area contributed by atoms with Crippen LogP contribution >= 0.6 is 0 Å². The van der Waals surface area contributed by atoms with Gasteiger partial charge in [0.05, 0.1) is 31.1 Å². The fourth-order valence-corrected chi connectivity index (χ4v) is 4.80. The fraction of sp³-hybridized carbons (Fsp3) is 0.350. The number of anilines is 1. The zero-order valence-corrected chi connectivity index (χ0v) is 16.6. The largest absolute Gasteiger partial charge is 0.329 e. The third-order valence-corrected chi connectivity index (χ3v) is 6.86. The topological polar surface area (TPSA) is 70.9 Å². The molecule has 0 atom stereocenters. The van der Waals surface area contributed by atoms with E-state index in [1.807, 2.05) is 12.1 Å². The number of amides is 1. The summed E-state index contributed by atoms with van der Waals surface area (Å²) in [6.45, 7) is 7.05. The summed E-state index contributed by atoms with van der Waals surface area (Å²) in [5.74, 6) is -0.182. The minimum atomic E-state index is -3.50. The fourth-order valence-electron chi connectivity index (χ4n) is 3.36. The summed E-state index contributed by atoms with van der Waals surface area (Å²) < 4.78 is 27.3. The van der Waals surface area contributed by atoms with Crippen molar-refractivity contribution >= 4 is 21.6 Å². The first-order valence-electron chi connectivity index (χ1n) is 9.12. The second kappa shape index (κ2) is 8.21. The molecule has 0 spiro atoms. The van der Waals surface area contributed by atoms with Gasteiger partial charge in [-0.15, -0.1) is 0 Å². The maximum absolute atomic E-state index is 12.9. The number of rotatable bonds is 5. The van der Waals surface area contributed by atoms with Crippen molar-refractivity contribution in [3.63, 3.8) is 0 Å². The van der Waals surface area contributed by atoms with Crippen molar-refractivity contribution in [3.8, 4) is 0 Å². The molecule has 0 radical (unpaired) electrons. The molecule has 6 nitrogen and oxygen atoms in total. The van der Waals surface area contributed by atoms with Gasteiger partial charge in [0.2, 0.25) is 15.9 Å². The maximum Gasteiger partial charge on any atom is 0.243 e. The van der Waals surface area contributed by atoms with Crippen molar-refractivity contribution in [1.29, 1.82) is 0 Å². The molecule has 2 aromatic rings. The van der Waals surface area contributed by atoms with Crippen molar-refractivity contribution in [2.24, 2.45) is 0 Å². The number of sulfonamides is 1. The molecule has 1 amide bonds. The molecule has 0 bridgehead atoms. The number of nitrogens with one attached hydrogen (secondary N) is 2. The molecule has 1 aliphatic heterocycles.